The second-order valence-corrected chi connectivity index (χ2v) is 1.61. The molecule has 11 heavy (non-hydrogen) atoms. The van der Waals surface area contributed by atoms with E-state index in [0.29, 0.717) is 0 Å². The van der Waals surface area contributed by atoms with Crippen LogP contribution in [0.15, 0.2) is 0 Å². The zero-order valence-corrected chi connectivity index (χ0v) is 5.44. The van der Waals surface area contributed by atoms with Gasteiger partial charge in [0.05, 0.1) is 7.11 Å². The highest BCUT2D eigenvalue weighted by atomic mass is 19.2. The largest absolute Gasteiger partial charge is 0.479 e. The third-order valence-corrected chi connectivity index (χ3v) is 0.946. The molecule has 0 N–H and O–H groups in total. The van der Waals surface area contributed by atoms with Gasteiger partial charge < -0.3 is 4.74 Å². The molecule has 0 aliphatic carbocycles. The van der Waals surface area contributed by atoms with Gasteiger partial charge >= 0.3 is 6.08 Å². The Hall–Kier alpha value is -1.33. The van der Waals surface area contributed by atoms with Crippen molar-refractivity contribution in [1.82, 2.24) is 9.97 Å². The van der Waals surface area contributed by atoms with Crippen LogP contribution < -0.4 is 4.74 Å². The molecule has 1 rings (SSSR count). The first-order valence-electron chi connectivity index (χ1n) is 2.57. The van der Waals surface area contributed by atoms with Gasteiger partial charge in [-0.2, -0.15) is 23.1 Å². The van der Waals surface area contributed by atoms with Crippen molar-refractivity contribution in [2.24, 2.45) is 0 Å². The summed E-state index contributed by atoms with van der Waals surface area (Å²) in [6.07, 6.45) is -1.36. The molecule has 0 fully saturated rings. The zero-order valence-electron chi connectivity index (χ0n) is 5.44. The number of hydrogen-bond acceptors (Lipinski definition) is 3. The standard InChI is InChI=1S/C5H3F3N2O/c1-11-4-2(6)3(7)9-5(8)10-4/h1H3. The smallest absolute Gasteiger partial charge is 0.314 e. The van der Waals surface area contributed by atoms with E-state index < -0.39 is 23.7 Å². The van der Waals surface area contributed by atoms with Gasteiger partial charge in [-0.3, -0.25) is 0 Å². The molecule has 0 radical (unpaired) electrons. The first kappa shape index (κ1) is 7.77. The van der Waals surface area contributed by atoms with E-state index in [1.807, 2.05) is 0 Å². The van der Waals surface area contributed by atoms with Crippen LogP contribution >= 0.6 is 0 Å². The van der Waals surface area contributed by atoms with E-state index in [4.69, 9.17) is 0 Å². The van der Waals surface area contributed by atoms with Crippen molar-refractivity contribution in [2.45, 2.75) is 0 Å². The number of aromatic nitrogens is 2. The molecular formula is C5H3F3N2O. The number of hydrogen-bond donors (Lipinski definition) is 0. The molecule has 6 heteroatoms. The van der Waals surface area contributed by atoms with E-state index in [2.05, 4.69) is 14.7 Å². The number of halogens is 3. The Balaban J connectivity index is 3.24. The van der Waals surface area contributed by atoms with Crippen molar-refractivity contribution in [2.75, 3.05) is 7.11 Å². The SMILES string of the molecule is COc1nc(F)nc(F)c1F. The summed E-state index contributed by atoms with van der Waals surface area (Å²) < 4.78 is 40.9. The van der Waals surface area contributed by atoms with Crippen molar-refractivity contribution in [3.05, 3.63) is 17.8 Å². The van der Waals surface area contributed by atoms with Crippen LogP contribution in [0, 0.1) is 17.8 Å². The van der Waals surface area contributed by atoms with Crippen molar-refractivity contribution in [1.29, 1.82) is 0 Å². The Kier molecular flexibility index (Phi) is 1.93. The van der Waals surface area contributed by atoms with Crippen LogP contribution in [0.25, 0.3) is 0 Å². The number of nitrogens with zero attached hydrogens (tertiary/aromatic N) is 2. The Morgan fingerprint density at radius 1 is 1.18 bits per heavy atom. The van der Waals surface area contributed by atoms with Crippen LogP contribution in [0.2, 0.25) is 0 Å². The molecule has 0 unspecified atom stereocenters. The predicted molar refractivity (Wildman–Crippen MR) is 28.5 cm³/mol. The van der Waals surface area contributed by atoms with Crippen LogP contribution in [0.1, 0.15) is 0 Å². The normalized spacial score (nSPS) is 9.82. The van der Waals surface area contributed by atoms with Gasteiger partial charge in [-0.1, -0.05) is 0 Å². The number of ether oxygens (including phenoxy) is 1. The Labute approximate surface area is 59.8 Å². The summed E-state index contributed by atoms with van der Waals surface area (Å²) in [6.45, 7) is 0. The zero-order chi connectivity index (χ0) is 8.43. The van der Waals surface area contributed by atoms with Crippen LogP contribution in [-0.4, -0.2) is 17.1 Å². The molecule has 0 aromatic carbocycles. The lowest BCUT2D eigenvalue weighted by Gasteiger charge is -1.98. The molecule has 0 atom stereocenters. The van der Waals surface area contributed by atoms with Crippen LogP contribution in [0.4, 0.5) is 13.2 Å². The Bertz CT molecular complexity index is 279. The van der Waals surface area contributed by atoms with Crippen molar-refractivity contribution >= 4 is 0 Å². The maximum Gasteiger partial charge on any atom is 0.314 e. The van der Waals surface area contributed by atoms with Crippen LogP contribution in [-0.2, 0) is 0 Å². The molecule has 0 spiro atoms. The van der Waals surface area contributed by atoms with Crippen LogP contribution in [0.5, 0.6) is 5.88 Å². The average Bonchev–Trinajstić information content (AvgIpc) is 1.96. The second-order valence-electron chi connectivity index (χ2n) is 1.61. The van der Waals surface area contributed by atoms with E-state index in [1.165, 1.54) is 0 Å². The lowest BCUT2D eigenvalue weighted by molar-refractivity contribution is 0.327. The van der Waals surface area contributed by atoms with Gasteiger partial charge in [0, 0.05) is 0 Å². The highest BCUT2D eigenvalue weighted by Gasteiger charge is 2.13. The lowest BCUT2D eigenvalue weighted by Crippen LogP contribution is -2.01. The number of methoxy groups -OCH3 is 1. The quantitative estimate of drug-likeness (QED) is 0.457. The molecule has 0 saturated heterocycles. The first-order valence-corrected chi connectivity index (χ1v) is 2.57. The summed E-state index contributed by atoms with van der Waals surface area (Å²) in [6, 6.07) is 0. The third kappa shape index (κ3) is 1.39. The first-order chi connectivity index (χ1) is 5.15. The molecule has 3 nitrogen and oxygen atoms in total. The topological polar surface area (TPSA) is 35.0 Å². The summed E-state index contributed by atoms with van der Waals surface area (Å²) in [5, 5.41) is 0. The summed E-state index contributed by atoms with van der Waals surface area (Å²) in [5.74, 6) is -3.70. The van der Waals surface area contributed by atoms with Crippen LogP contribution in [0.3, 0.4) is 0 Å². The van der Waals surface area contributed by atoms with Gasteiger partial charge in [0.2, 0.25) is 5.82 Å². The van der Waals surface area contributed by atoms with Gasteiger partial charge in [0.25, 0.3) is 11.8 Å². The fraction of sp³-hybridized carbons (Fsp3) is 0.200. The van der Waals surface area contributed by atoms with Crippen molar-refractivity contribution in [3.63, 3.8) is 0 Å². The van der Waals surface area contributed by atoms with Crippen molar-refractivity contribution in [3.8, 4) is 5.88 Å². The minimum atomic E-state index is -1.56. The molecular weight excluding hydrogens is 161 g/mol. The summed E-state index contributed by atoms with van der Waals surface area (Å²) >= 11 is 0. The third-order valence-electron chi connectivity index (χ3n) is 0.946. The van der Waals surface area contributed by atoms with Gasteiger partial charge in [-0.05, 0) is 0 Å². The van der Waals surface area contributed by atoms with E-state index in [0.717, 1.165) is 7.11 Å². The maximum atomic E-state index is 12.4. The molecule has 0 aliphatic heterocycles. The molecule has 0 amide bonds. The second kappa shape index (κ2) is 2.73. The lowest BCUT2D eigenvalue weighted by atomic mass is 10.6. The summed E-state index contributed by atoms with van der Waals surface area (Å²) in [5.41, 5.74) is 0. The molecule has 60 valence electrons. The fourth-order valence-corrected chi connectivity index (χ4v) is 0.511. The molecule has 1 aromatic rings. The molecule has 0 bridgehead atoms. The van der Waals surface area contributed by atoms with Gasteiger partial charge in [-0.15, -0.1) is 0 Å². The van der Waals surface area contributed by atoms with E-state index in [9.17, 15) is 13.2 Å². The molecule has 0 aliphatic rings. The predicted octanol–water partition coefficient (Wildman–Crippen LogP) is 0.902. The van der Waals surface area contributed by atoms with Gasteiger partial charge in [-0.25, -0.2) is 0 Å². The van der Waals surface area contributed by atoms with Crippen molar-refractivity contribution < 1.29 is 17.9 Å². The molecule has 0 saturated carbocycles. The van der Waals surface area contributed by atoms with E-state index in [-0.39, 0.29) is 0 Å². The van der Waals surface area contributed by atoms with Gasteiger partial charge in [0.15, 0.2) is 0 Å². The number of rotatable bonds is 1. The van der Waals surface area contributed by atoms with E-state index >= 15 is 0 Å². The highest BCUT2D eigenvalue weighted by Crippen LogP contribution is 2.13. The Morgan fingerprint density at radius 2 is 1.82 bits per heavy atom. The summed E-state index contributed by atoms with van der Waals surface area (Å²) in [4.78, 5) is 5.32. The fourth-order valence-electron chi connectivity index (χ4n) is 0.511. The van der Waals surface area contributed by atoms with Gasteiger partial charge in [0.1, 0.15) is 0 Å². The monoisotopic (exact) mass is 164 g/mol. The minimum absolute atomic E-state index is 0.741. The maximum absolute atomic E-state index is 12.4. The Morgan fingerprint density at radius 3 is 2.36 bits per heavy atom. The minimum Gasteiger partial charge on any atom is -0.479 e. The average molecular weight is 164 g/mol. The van der Waals surface area contributed by atoms with E-state index in [1.54, 1.807) is 0 Å². The molecule has 1 aromatic heterocycles. The highest BCUT2D eigenvalue weighted by molar-refractivity contribution is 5.09. The molecule has 1 heterocycles. The summed E-state index contributed by atoms with van der Waals surface area (Å²) in [7, 11) is 1.05.